The van der Waals surface area contributed by atoms with Crippen molar-refractivity contribution in [2.45, 2.75) is 45.7 Å². The summed E-state index contributed by atoms with van der Waals surface area (Å²) in [6.07, 6.45) is 1.29. The summed E-state index contributed by atoms with van der Waals surface area (Å²) in [6.45, 7) is 8.85. The van der Waals surface area contributed by atoms with Gasteiger partial charge in [-0.2, -0.15) is 0 Å². The van der Waals surface area contributed by atoms with Crippen LogP contribution in [0.1, 0.15) is 50.8 Å². The molecule has 3 rings (SSSR count). The second-order valence-corrected chi connectivity index (χ2v) is 5.56. The maximum atomic E-state index is 4.42. The van der Waals surface area contributed by atoms with Gasteiger partial charge in [-0.1, -0.05) is 20.8 Å². The first-order chi connectivity index (χ1) is 7.68. The Labute approximate surface area is 96.4 Å². The average molecular weight is 220 g/mol. The van der Waals surface area contributed by atoms with Crippen molar-refractivity contribution in [2.75, 3.05) is 6.54 Å². The number of nitrogens with zero attached hydrogens (tertiary/aromatic N) is 3. The first kappa shape index (κ1) is 10.3. The lowest BCUT2D eigenvalue weighted by Crippen LogP contribution is -2.36. The first-order valence-electron chi connectivity index (χ1n) is 6.35. The molecular formula is C12H20N4. The highest BCUT2D eigenvalue weighted by molar-refractivity contribution is 5.14. The highest BCUT2D eigenvalue weighted by Crippen LogP contribution is 2.46. The predicted octanol–water partition coefficient (Wildman–Crippen LogP) is 1.70. The van der Waals surface area contributed by atoms with Gasteiger partial charge in [0.1, 0.15) is 5.82 Å². The van der Waals surface area contributed by atoms with Gasteiger partial charge in [0, 0.05) is 19.0 Å². The van der Waals surface area contributed by atoms with E-state index in [-0.39, 0.29) is 0 Å². The van der Waals surface area contributed by atoms with Crippen LogP contribution in [0.15, 0.2) is 0 Å². The molecule has 1 fully saturated rings. The Morgan fingerprint density at radius 1 is 1.31 bits per heavy atom. The van der Waals surface area contributed by atoms with Gasteiger partial charge in [-0.05, 0) is 18.3 Å². The van der Waals surface area contributed by atoms with Gasteiger partial charge in [-0.15, -0.1) is 10.2 Å². The molecule has 1 saturated carbocycles. The zero-order chi connectivity index (χ0) is 11.3. The Bertz CT molecular complexity index is 396. The van der Waals surface area contributed by atoms with Gasteiger partial charge in [0.05, 0.1) is 6.04 Å². The summed E-state index contributed by atoms with van der Waals surface area (Å²) in [5.74, 6) is 4.44. The van der Waals surface area contributed by atoms with Crippen LogP contribution < -0.4 is 5.32 Å². The van der Waals surface area contributed by atoms with Crippen molar-refractivity contribution in [2.24, 2.45) is 11.8 Å². The van der Waals surface area contributed by atoms with E-state index in [0.717, 1.165) is 24.8 Å². The van der Waals surface area contributed by atoms with Crippen molar-refractivity contribution in [3.8, 4) is 0 Å². The zero-order valence-corrected chi connectivity index (χ0v) is 10.3. The van der Waals surface area contributed by atoms with Crippen LogP contribution in [0.3, 0.4) is 0 Å². The zero-order valence-electron chi connectivity index (χ0n) is 10.3. The molecule has 2 heterocycles. The Morgan fingerprint density at radius 3 is 2.62 bits per heavy atom. The maximum absolute atomic E-state index is 4.42. The molecule has 88 valence electrons. The number of hydrogen-bond acceptors (Lipinski definition) is 3. The number of fused-ring (bicyclic) bond motifs is 1. The minimum Gasteiger partial charge on any atom is -0.312 e. The number of hydrogen-bond donors (Lipinski definition) is 1. The fraction of sp³-hybridized carbons (Fsp3) is 0.833. The summed E-state index contributed by atoms with van der Waals surface area (Å²) in [5, 5.41) is 12.4. The van der Waals surface area contributed by atoms with Gasteiger partial charge < -0.3 is 9.88 Å². The van der Waals surface area contributed by atoms with E-state index in [9.17, 15) is 0 Å². The van der Waals surface area contributed by atoms with E-state index in [0.29, 0.717) is 17.9 Å². The van der Waals surface area contributed by atoms with Crippen LogP contribution in [0.25, 0.3) is 0 Å². The lowest BCUT2D eigenvalue weighted by Gasteiger charge is -2.27. The standard InChI is InChI=1S/C12H20N4/c1-7(2)10-12-15-14-11(9-6-8(9)3)16(12)5-4-13-10/h7-10,13H,4-6H2,1-3H3. The largest absolute Gasteiger partial charge is 0.312 e. The second kappa shape index (κ2) is 3.55. The summed E-state index contributed by atoms with van der Waals surface area (Å²) >= 11 is 0. The molecule has 0 spiro atoms. The molecule has 1 aliphatic carbocycles. The fourth-order valence-electron chi connectivity index (χ4n) is 2.70. The summed E-state index contributed by atoms with van der Waals surface area (Å²) in [4.78, 5) is 0. The van der Waals surface area contributed by atoms with E-state index in [1.807, 2.05) is 0 Å². The van der Waals surface area contributed by atoms with E-state index in [1.165, 1.54) is 12.2 Å². The fourth-order valence-corrected chi connectivity index (χ4v) is 2.70. The highest BCUT2D eigenvalue weighted by atomic mass is 15.3. The van der Waals surface area contributed by atoms with Crippen LogP contribution in [0.4, 0.5) is 0 Å². The molecule has 1 N–H and O–H groups in total. The highest BCUT2D eigenvalue weighted by Gasteiger charge is 2.40. The van der Waals surface area contributed by atoms with Crippen molar-refractivity contribution in [1.29, 1.82) is 0 Å². The normalized spacial score (nSPS) is 32.9. The minimum absolute atomic E-state index is 0.379. The lowest BCUT2D eigenvalue weighted by molar-refractivity contribution is 0.335. The van der Waals surface area contributed by atoms with Crippen molar-refractivity contribution in [3.05, 3.63) is 11.6 Å². The molecule has 16 heavy (non-hydrogen) atoms. The molecule has 1 aromatic rings. The maximum Gasteiger partial charge on any atom is 0.150 e. The molecule has 4 heteroatoms. The second-order valence-electron chi connectivity index (χ2n) is 5.56. The van der Waals surface area contributed by atoms with Gasteiger partial charge in [0.2, 0.25) is 0 Å². The summed E-state index contributed by atoms with van der Waals surface area (Å²) < 4.78 is 2.36. The Kier molecular flexibility index (Phi) is 2.28. The van der Waals surface area contributed by atoms with E-state index < -0.39 is 0 Å². The summed E-state index contributed by atoms with van der Waals surface area (Å²) in [7, 11) is 0. The Morgan fingerprint density at radius 2 is 2.00 bits per heavy atom. The topological polar surface area (TPSA) is 42.7 Å². The monoisotopic (exact) mass is 220 g/mol. The molecule has 1 aromatic heterocycles. The number of aromatic nitrogens is 3. The van der Waals surface area contributed by atoms with Crippen LogP contribution >= 0.6 is 0 Å². The van der Waals surface area contributed by atoms with E-state index in [4.69, 9.17) is 0 Å². The third-order valence-electron chi connectivity index (χ3n) is 3.89. The van der Waals surface area contributed by atoms with Gasteiger partial charge in [0.15, 0.2) is 5.82 Å². The Balaban J connectivity index is 1.95. The average Bonchev–Trinajstić information content (AvgIpc) is 2.83. The Hall–Kier alpha value is -0.900. The van der Waals surface area contributed by atoms with Crippen LogP contribution in [0.2, 0.25) is 0 Å². The molecule has 3 atom stereocenters. The summed E-state index contributed by atoms with van der Waals surface area (Å²) in [6, 6.07) is 0.379. The molecule has 0 radical (unpaired) electrons. The molecule has 4 nitrogen and oxygen atoms in total. The van der Waals surface area contributed by atoms with Crippen LogP contribution in [0.5, 0.6) is 0 Å². The molecule has 0 aromatic carbocycles. The summed E-state index contributed by atoms with van der Waals surface area (Å²) in [5.41, 5.74) is 0. The van der Waals surface area contributed by atoms with Crippen molar-refractivity contribution < 1.29 is 0 Å². The third-order valence-corrected chi connectivity index (χ3v) is 3.89. The number of nitrogens with one attached hydrogen (secondary N) is 1. The SMILES string of the molecule is CC(C)C1NCCn2c(C3CC3C)nnc21. The smallest absolute Gasteiger partial charge is 0.150 e. The molecule has 0 amide bonds. The minimum atomic E-state index is 0.379. The molecule has 2 aliphatic rings. The molecule has 0 saturated heterocycles. The molecule has 1 aliphatic heterocycles. The predicted molar refractivity (Wildman–Crippen MR) is 62.1 cm³/mol. The van der Waals surface area contributed by atoms with Gasteiger partial charge in [-0.25, -0.2) is 0 Å². The molecular weight excluding hydrogens is 200 g/mol. The van der Waals surface area contributed by atoms with Gasteiger partial charge in [0.25, 0.3) is 0 Å². The molecule has 3 unspecified atom stereocenters. The first-order valence-corrected chi connectivity index (χ1v) is 6.35. The quantitative estimate of drug-likeness (QED) is 0.825. The number of rotatable bonds is 2. The van der Waals surface area contributed by atoms with Crippen molar-refractivity contribution in [3.63, 3.8) is 0 Å². The van der Waals surface area contributed by atoms with E-state index in [2.05, 4.69) is 40.9 Å². The van der Waals surface area contributed by atoms with Gasteiger partial charge >= 0.3 is 0 Å². The molecule has 0 bridgehead atoms. The van der Waals surface area contributed by atoms with Crippen molar-refractivity contribution >= 4 is 0 Å². The van der Waals surface area contributed by atoms with Crippen LogP contribution in [0, 0.1) is 11.8 Å². The van der Waals surface area contributed by atoms with E-state index >= 15 is 0 Å². The van der Waals surface area contributed by atoms with Crippen molar-refractivity contribution in [1.82, 2.24) is 20.1 Å². The lowest BCUT2D eigenvalue weighted by atomic mass is 10.0. The third kappa shape index (κ3) is 1.47. The van der Waals surface area contributed by atoms with Crippen LogP contribution in [-0.4, -0.2) is 21.3 Å². The van der Waals surface area contributed by atoms with Crippen LogP contribution in [-0.2, 0) is 6.54 Å². The van der Waals surface area contributed by atoms with Gasteiger partial charge in [-0.3, -0.25) is 0 Å². The van der Waals surface area contributed by atoms with E-state index in [1.54, 1.807) is 0 Å².